The van der Waals surface area contributed by atoms with Crippen LogP contribution in [0.5, 0.6) is 5.75 Å². The van der Waals surface area contributed by atoms with Crippen LogP contribution in [0.3, 0.4) is 0 Å². The van der Waals surface area contributed by atoms with E-state index in [9.17, 15) is 27.1 Å². The predicted octanol–water partition coefficient (Wildman–Crippen LogP) is 4.93. The molecule has 1 aromatic carbocycles. The third-order valence-electron chi connectivity index (χ3n) is 6.79. The molecule has 0 fully saturated rings. The van der Waals surface area contributed by atoms with Crippen molar-refractivity contribution in [3.8, 4) is 5.75 Å². The van der Waals surface area contributed by atoms with Crippen molar-refractivity contribution in [3.63, 3.8) is 0 Å². The minimum absolute atomic E-state index is 0.0725. The Morgan fingerprint density at radius 2 is 1.94 bits per heavy atom. The summed E-state index contributed by atoms with van der Waals surface area (Å²) in [6, 6.07) is 5.68. The van der Waals surface area contributed by atoms with Gasteiger partial charge in [0.05, 0.1) is 17.4 Å². The van der Waals surface area contributed by atoms with Crippen LogP contribution < -0.4 is 15.8 Å². The van der Waals surface area contributed by atoms with Crippen LogP contribution in [0.2, 0.25) is 0 Å². The molecular weight excluding hydrogens is 485 g/mol. The van der Waals surface area contributed by atoms with Crippen molar-refractivity contribution >= 4 is 28.0 Å². The Morgan fingerprint density at radius 3 is 2.57 bits per heavy atom. The highest BCUT2D eigenvalue weighted by Crippen LogP contribution is 2.66. The number of aromatic nitrogens is 1. The van der Waals surface area contributed by atoms with Crippen molar-refractivity contribution in [2.45, 2.75) is 55.8 Å². The number of hydrogen-bond donors (Lipinski definition) is 4. The van der Waals surface area contributed by atoms with Crippen molar-refractivity contribution in [2.24, 2.45) is 10.7 Å². The summed E-state index contributed by atoms with van der Waals surface area (Å²) >= 11 is 0. The number of carbonyl (C=O) groups excluding carboxylic acids is 1. The molecule has 4 rings (SSSR count). The number of pyridine rings is 1. The number of halogens is 3. The molecule has 5 N–H and O–H groups in total. The number of nitrogens with one attached hydrogen (secondary N) is 1. The van der Waals surface area contributed by atoms with Crippen LogP contribution >= 0.6 is 10.6 Å². The molecule has 0 unspecified atom stereocenters. The number of amidine groups is 1. The standard InChI is InChI=1S/C23H27F3N4O4S/c1-12-9-13(23(24,25)26)11-28-18(12)19(31)29-14-5-6-16-15(10-14)22(4)17(7-8-34-16)35(32,33)21(2,3)20(27)30-22/h5-6,9-11,17,32-33H,7-8H2,1-4H3,(H2,27,30)(H,29,31)/t17-,22-/m1/s1. The molecule has 0 radical (unpaired) electrons. The van der Waals surface area contributed by atoms with Gasteiger partial charge in [0.2, 0.25) is 0 Å². The molecule has 12 heteroatoms. The van der Waals surface area contributed by atoms with Crippen LogP contribution in [-0.4, -0.2) is 42.4 Å². The first-order valence-electron chi connectivity index (χ1n) is 10.8. The molecule has 2 aromatic rings. The fourth-order valence-electron chi connectivity index (χ4n) is 4.53. The maximum absolute atomic E-state index is 12.9. The molecule has 2 aliphatic heterocycles. The van der Waals surface area contributed by atoms with E-state index >= 15 is 0 Å². The number of aryl methyl sites for hydroxylation is 1. The highest BCUT2D eigenvalue weighted by molar-refractivity contribution is 8.26. The molecule has 0 saturated heterocycles. The molecule has 1 amide bonds. The minimum Gasteiger partial charge on any atom is -0.493 e. The van der Waals surface area contributed by atoms with E-state index < -0.39 is 43.8 Å². The lowest BCUT2D eigenvalue weighted by atomic mass is 9.86. The molecule has 2 aliphatic rings. The fourth-order valence-corrected chi connectivity index (χ4v) is 6.84. The monoisotopic (exact) mass is 512 g/mol. The number of anilines is 1. The highest BCUT2D eigenvalue weighted by Gasteiger charge is 2.57. The van der Waals surface area contributed by atoms with Crippen LogP contribution in [0.1, 0.15) is 54.4 Å². The van der Waals surface area contributed by atoms with Gasteiger partial charge in [-0.1, -0.05) is 0 Å². The molecule has 8 nitrogen and oxygen atoms in total. The van der Waals surface area contributed by atoms with Crippen molar-refractivity contribution in [1.29, 1.82) is 0 Å². The first-order chi connectivity index (χ1) is 16.1. The quantitative estimate of drug-likeness (QED) is 0.452. The Bertz CT molecular complexity index is 1230. The maximum Gasteiger partial charge on any atom is 0.417 e. The number of rotatable bonds is 2. The average molecular weight is 513 g/mol. The van der Waals surface area contributed by atoms with Gasteiger partial charge >= 0.3 is 6.18 Å². The van der Waals surface area contributed by atoms with Gasteiger partial charge < -0.3 is 15.8 Å². The van der Waals surface area contributed by atoms with Crippen molar-refractivity contribution < 1.29 is 31.8 Å². The normalized spacial score (nSPS) is 25.7. The molecule has 0 spiro atoms. The molecule has 1 aromatic heterocycles. The van der Waals surface area contributed by atoms with Gasteiger partial charge in [-0.3, -0.25) is 23.9 Å². The molecule has 0 aliphatic carbocycles. The number of aliphatic imine (C=N–C) groups is 1. The summed E-state index contributed by atoms with van der Waals surface area (Å²) in [5.41, 5.74) is 4.85. The van der Waals surface area contributed by atoms with Gasteiger partial charge in [-0.05, 0) is 57.5 Å². The van der Waals surface area contributed by atoms with Crippen LogP contribution in [0.25, 0.3) is 0 Å². The van der Waals surface area contributed by atoms with E-state index in [1.54, 1.807) is 39.0 Å². The number of carbonyl (C=O) groups is 1. The smallest absolute Gasteiger partial charge is 0.417 e. The zero-order valence-corrected chi connectivity index (χ0v) is 20.4. The maximum atomic E-state index is 12.9. The first-order valence-corrected chi connectivity index (χ1v) is 12.4. The van der Waals surface area contributed by atoms with E-state index in [0.717, 1.165) is 6.07 Å². The fraction of sp³-hybridized carbons (Fsp3) is 0.435. The van der Waals surface area contributed by atoms with E-state index in [1.807, 2.05) is 0 Å². The van der Waals surface area contributed by atoms with Crippen molar-refractivity contribution in [3.05, 3.63) is 52.8 Å². The Hall–Kier alpha value is -2.83. The Balaban J connectivity index is 1.72. The summed E-state index contributed by atoms with van der Waals surface area (Å²) < 4.78 is 66.0. The number of nitrogens with zero attached hydrogens (tertiary/aromatic N) is 2. The Labute approximate surface area is 202 Å². The summed E-state index contributed by atoms with van der Waals surface area (Å²) in [5, 5.41) is 1.96. The summed E-state index contributed by atoms with van der Waals surface area (Å²) in [6.07, 6.45) is -3.63. The van der Waals surface area contributed by atoms with E-state index in [0.29, 0.717) is 29.6 Å². The number of benzene rings is 1. The van der Waals surface area contributed by atoms with Crippen molar-refractivity contribution in [2.75, 3.05) is 11.9 Å². The lowest BCUT2D eigenvalue weighted by molar-refractivity contribution is -0.137. The van der Waals surface area contributed by atoms with Gasteiger partial charge in [0.25, 0.3) is 5.91 Å². The van der Waals surface area contributed by atoms with Gasteiger partial charge in [0.1, 0.15) is 27.6 Å². The van der Waals surface area contributed by atoms with E-state index in [1.165, 1.54) is 6.92 Å². The van der Waals surface area contributed by atoms with Gasteiger partial charge in [-0.25, -0.2) is 0 Å². The average Bonchev–Trinajstić information content (AvgIpc) is 2.89. The molecule has 190 valence electrons. The largest absolute Gasteiger partial charge is 0.493 e. The Morgan fingerprint density at radius 1 is 1.26 bits per heavy atom. The lowest BCUT2D eigenvalue weighted by Gasteiger charge is -2.58. The minimum atomic E-state index is -4.57. The molecular formula is C23H27F3N4O4S. The van der Waals surface area contributed by atoms with Crippen LogP contribution in [0.4, 0.5) is 18.9 Å². The van der Waals surface area contributed by atoms with Crippen LogP contribution in [0.15, 0.2) is 35.5 Å². The molecule has 0 bridgehead atoms. The van der Waals surface area contributed by atoms with E-state index in [2.05, 4.69) is 10.3 Å². The second kappa shape index (κ2) is 8.10. The summed E-state index contributed by atoms with van der Waals surface area (Å²) in [6.45, 7) is 6.64. The van der Waals surface area contributed by atoms with Gasteiger partial charge in [-0.2, -0.15) is 23.8 Å². The SMILES string of the molecule is Cc1cc(C(F)(F)F)cnc1C(=O)Nc1ccc2c(c1)[C@@]1(C)N=C(N)C(C)(C)S(O)(O)[C@@H]1CCO2. The summed E-state index contributed by atoms with van der Waals surface area (Å²) in [4.78, 5) is 21.2. The topological polar surface area (TPSA) is 130 Å². The summed E-state index contributed by atoms with van der Waals surface area (Å²) in [7, 11) is -3.26. The van der Waals surface area contributed by atoms with E-state index in [4.69, 9.17) is 15.5 Å². The second-order valence-corrected chi connectivity index (χ2v) is 12.2. The number of nitrogens with two attached hydrogens (primary N) is 1. The number of alkyl halides is 3. The second-order valence-electron chi connectivity index (χ2n) is 9.43. The highest BCUT2D eigenvalue weighted by atomic mass is 32.3. The number of fused-ring (bicyclic) bond motifs is 3. The predicted molar refractivity (Wildman–Crippen MR) is 128 cm³/mol. The summed E-state index contributed by atoms with van der Waals surface area (Å²) in [5.74, 6) is -0.129. The zero-order valence-electron chi connectivity index (χ0n) is 19.6. The molecule has 2 atom stereocenters. The van der Waals surface area contributed by atoms with Crippen LogP contribution in [-0.2, 0) is 11.7 Å². The van der Waals surface area contributed by atoms with Gasteiger partial charge in [0.15, 0.2) is 0 Å². The van der Waals surface area contributed by atoms with Crippen LogP contribution in [0, 0.1) is 6.92 Å². The Kier molecular flexibility index (Phi) is 5.85. The number of hydrogen-bond acceptors (Lipinski definition) is 7. The molecule has 0 saturated carbocycles. The third kappa shape index (κ3) is 4.03. The van der Waals surface area contributed by atoms with Gasteiger partial charge in [-0.15, -0.1) is 0 Å². The zero-order chi connectivity index (χ0) is 26.0. The van der Waals surface area contributed by atoms with E-state index in [-0.39, 0.29) is 23.7 Å². The molecule has 35 heavy (non-hydrogen) atoms. The lowest BCUT2D eigenvalue weighted by Crippen LogP contribution is -2.56. The number of ether oxygens (including phenoxy) is 1. The third-order valence-corrected chi connectivity index (χ3v) is 9.98. The van der Waals surface area contributed by atoms with Gasteiger partial charge in [0, 0.05) is 23.9 Å². The first kappa shape index (κ1) is 25.3. The number of amides is 1. The molecule has 3 heterocycles. The van der Waals surface area contributed by atoms with Crippen molar-refractivity contribution in [1.82, 2.24) is 4.98 Å².